The minimum Gasteiger partial charge on any atom is -0.507 e. The molecule has 11 nitrogen and oxygen atoms in total. The number of esters is 2. The molecule has 0 bridgehead atoms. The number of carbonyl (C=O) groups is 4. The Morgan fingerprint density at radius 3 is 2.53 bits per heavy atom. The third-order valence-electron chi connectivity index (χ3n) is 4.77. The highest BCUT2D eigenvalue weighted by Gasteiger charge is 2.32. The third-order valence-corrected chi connectivity index (χ3v) is 5.83. The average Bonchev–Trinajstić information content (AvgIpc) is 2.74. The van der Waals surface area contributed by atoms with Gasteiger partial charge in [-0.15, -0.1) is 0 Å². The number of fused-ring (bicyclic) bond motifs is 1. The van der Waals surface area contributed by atoms with E-state index < -0.39 is 48.2 Å². The van der Waals surface area contributed by atoms with Crippen LogP contribution in [-0.2, 0) is 29.6 Å². The number of hydrogen-bond donors (Lipinski definition) is 3. The van der Waals surface area contributed by atoms with Gasteiger partial charge in [-0.05, 0) is 27.7 Å². The largest absolute Gasteiger partial charge is 0.507 e. The number of cyclic esters (lactones) is 1. The van der Waals surface area contributed by atoms with E-state index in [2.05, 4.69) is 10.6 Å². The second kappa shape index (κ2) is 11.3. The van der Waals surface area contributed by atoms with Gasteiger partial charge in [0.05, 0.1) is 19.8 Å². The summed E-state index contributed by atoms with van der Waals surface area (Å²) in [4.78, 5) is 50.4. The molecular weight excluding hydrogens is 468 g/mol. The minimum atomic E-state index is -1.36. The highest BCUT2D eigenvalue weighted by Crippen LogP contribution is 2.35. The maximum atomic E-state index is 13.0. The molecule has 188 valence electrons. The fraction of sp³-hybridized carbons (Fsp3) is 0.545. The summed E-state index contributed by atoms with van der Waals surface area (Å²) in [6.07, 6.45) is -0.907. The van der Waals surface area contributed by atoms with Crippen molar-refractivity contribution in [3.63, 3.8) is 0 Å². The second-order valence-electron chi connectivity index (χ2n) is 8.47. The number of phenolic OH excluding ortho intramolecular Hbond substituents is 1. The quantitative estimate of drug-likeness (QED) is 0.415. The van der Waals surface area contributed by atoms with Gasteiger partial charge in [-0.25, -0.2) is 14.4 Å². The minimum absolute atomic E-state index is 0.0796. The van der Waals surface area contributed by atoms with Crippen molar-refractivity contribution in [1.82, 2.24) is 10.6 Å². The van der Waals surface area contributed by atoms with Crippen LogP contribution in [0, 0.1) is 6.92 Å². The van der Waals surface area contributed by atoms with Crippen molar-refractivity contribution in [2.75, 3.05) is 26.6 Å². The number of nitrogens with one attached hydrogen (secondary N) is 2. The van der Waals surface area contributed by atoms with E-state index in [0.717, 1.165) is 0 Å². The predicted octanol–water partition coefficient (Wildman–Crippen LogP) is 1.66. The smallest absolute Gasteiger partial charge is 0.408 e. The maximum Gasteiger partial charge on any atom is 0.408 e. The molecule has 2 rings (SSSR count). The number of ether oxygens (including phenoxy) is 4. The van der Waals surface area contributed by atoms with Gasteiger partial charge < -0.3 is 34.7 Å². The Morgan fingerprint density at radius 1 is 1.26 bits per heavy atom. The molecule has 2 atom stereocenters. The van der Waals surface area contributed by atoms with Gasteiger partial charge in [0.1, 0.15) is 35.8 Å². The van der Waals surface area contributed by atoms with Gasteiger partial charge in [0.25, 0.3) is 0 Å². The fourth-order valence-corrected chi connectivity index (χ4v) is 4.23. The van der Waals surface area contributed by atoms with Gasteiger partial charge in [0.2, 0.25) is 5.91 Å². The Morgan fingerprint density at radius 2 is 1.94 bits per heavy atom. The maximum absolute atomic E-state index is 13.0. The second-order valence-corrected chi connectivity index (χ2v) is 9.50. The lowest BCUT2D eigenvalue weighted by atomic mass is 10.0. The van der Waals surface area contributed by atoms with Crippen molar-refractivity contribution in [2.45, 2.75) is 51.1 Å². The Kier molecular flexibility index (Phi) is 9.02. The van der Waals surface area contributed by atoms with E-state index >= 15 is 0 Å². The molecule has 0 radical (unpaired) electrons. The van der Waals surface area contributed by atoms with Crippen molar-refractivity contribution >= 4 is 35.7 Å². The molecule has 0 spiro atoms. The topological polar surface area (TPSA) is 149 Å². The van der Waals surface area contributed by atoms with Gasteiger partial charge in [0.15, 0.2) is 0 Å². The number of carbonyl (C=O) groups excluding carboxylic acids is 4. The zero-order valence-electron chi connectivity index (χ0n) is 20.0. The molecule has 0 saturated heterocycles. The summed E-state index contributed by atoms with van der Waals surface area (Å²) in [7, 11) is 2.58. The first-order valence-electron chi connectivity index (χ1n) is 10.4. The van der Waals surface area contributed by atoms with Gasteiger partial charge in [-0.3, -0.25) is 4.79 Å². The molecule has 3 N–H and O–H groups in total. The molecule has 1 aromatic rings. The van der Waals surface area contributed by atoms with Crippen LogP contribution in [0.15, 0.2) is 6.07 Å². The number of methoxy groups -OCH3 is 2. The Hall–Kier alpha value is -3.15. The molecule has 0 saturated carbocycles. The summed E-state index contributed by atoms with van der Waals surface area (Å²) in [5, 5.41) is 15.4. The highest BCUT2D eigenvalue weighted by molar-refractivity contribution is 7.98. The number of amides is 2. The lowest BCUT2D eigenvalue weighted by Gasteiger charge is -2.25. The zero-order valence-corrected chi connectivity index (χ0v) is 20.8. The fourth-order valence-electron chi connectivity index (χ4n) is 3.16. The molecule has 1 aromatic carbocycles. The summed E-state index contributed by atoms with van der Waals surface area (Å²) in [5.74, 6) is -1.95. The lowest BCUT2D eigenvalue weighted by Crippen LogP contribution is -2.55. The van der Waals surface area contributed by atoms with Crippen LogP contribution in [-0.4, -0.2) is 73.3 Å². The van der Waals surface area contributed by atoms with Crippen molar-refractivity contribution in [2.24, 2.45) is 0 Å². The molecule has 0 aliphatic carbocycles. The van der Waals surface area contributed by atoms with Crippen LogP contribution < -0.4 is 15.4 Å². The van der Waals surface area contributed by atoms with E-state index in [4.69, 9.17) is 18.9 Å². The Labute approximate surface area is 201 Å². The van der Waals surface area contributed by atoms with Crippen LogP contribution in [0.25, 0.3) is 0 Å². The number of rotatable bonds is 3. The Bertz CT molecular complexity index is 959. The van der Waals surface area contributed by atoms with Crippen molar-refractivity contribution < 1.29 is 43.2 Å². The number of phenols is 1. The number of alkyl carbamates (subject to hydrolysis) is 1. The van der Waals surface area contributed by atoms with Crippen LogP contribution in [0.1, 0.15) is 42.3 Å². The van der Waals surface area contributed by atoms with Crippen molar-refractivity contribution in [3.05, 3.63) is 22.8 Å². The summed E-state index contributed by atoms with van der Waals surface area (Å²) < 4.78 is 20.6. The van der Waals surface area contributed by atoms with Crippen LogP contribution in [0.3, 0.4) is 0 Å². The SMILES string of the molecule is COC(=O)[C@@H]1CSCc2c(O)cc(OC)c(C)c2C(=O)OC[C@H](NC(=O)OC(C)(C)C)C(=O)N1. The number of thioether (sulfide) groups is 1. The average molecular weight is 499 g/mol. The summed E-state index contributed by atoms with van der Waals surface area (Å²) in [5.41, 5.74) is -0.0298. The van der Waals surface area contributed by atoms with E-state index in [1.54, 1.807) is 27.7 Å². The van der Waals surface area contributed by atoms with Gasteiger partial charge in [-0.2, -0.15) is 11.8 Å². The monoisotopic (exact) mass is 498 g/mol. The molecule has 1 aliphatic rings. The molecule has 0 aromatic heterocycles. The molecule has 0 unspecified atom stereocenters. The van der Waals surface area contributed by atoms with Crippen LogP contribution in [0.2, 0.25) is 0 Å². The molecule has 12 heteroatoms. The van der Waals surface area contributed by atoms with E-state index in [1.807, 2.05) is 0 Å². The third kappa shape index (κ3) is 6.92. The zero-order chi connectivity index (χ0) is 25.6. The summed E-state index contributed by atoms with van der Waals surface area (Å²) in [6, 6.07) is -1.02. The van der Waals surface area contributed by atoms with E-state index in [0.29, 0.717) is 11.1 Å². The van der Waals surface area contributed by atoms with Crippen molar-refractivity contribution in [1.29, 1.82) is 0 Å². The molecular formula is C22H30N2O9S. The molecule has 1 heterocycles. The number of hydrogen-bond acceptors (Lipinski definition) is 10. The predicted molar refractivity (Wildman–Crippen MR) is 123 cm³/mol. The molecule has 34 heavy (non-hydrogen) atoms. The van der Waals surface area contributed by atoms with Gasteiger partial charge in [-0.1, -0.05) is 0 Å². The highest BCUT2D eigenvalue weighted by atomic mass is 32.2. The normalized spacial score (nSPS) is 19.4. The molecule has 2 amide bonds. The van der Waals surface area contributed by atoms with Crippen LogP contribution >= 0.6 is 11.8 Å². The molecule has 1 aliphatic heterocycles. The van der Waals surface area contributed by atoms with E-state index in [1.165, 1.54) is 32.0 Å². The van der Waals surface area contributed by atoms with Gasteiger partial charge in [0, 0.05) is 28.7 Å². The number of benzene rings is 1. The first-order chi connectivity index (χ1) is 15.9. The summed E-state index contributed by atoms with van der Waals surface area (Å²) in [6.45, 7) is 6.03. The molecule has 0 fully saturated rings. The first-order valence-corrected chi connectivity index (χ1v) is 11.6. The van der Waals surface area contributed by atoms with E-state index in [9.17, 15) is 24.3 Å². The number of aromatic hydroxyl groups is 1. The Balaban J connectivity index is 2.45. The standard InChI is InChI=1S/C22H30N2O9S/c1-11-16(30-5)7-15(25)12-9-34-10-14(19(27)31-6)23-18(26)13(8-32-20(28)17(11)12)24-21(29)33-22(2,3)4/h7,13-14,25H,8-10H2,1-6H3,(H,23,26)(H,24,29)/t13-,14-/m0/s1. The summed E-state index contributed by atoms with van der Waals surface area (Å²) >= 11 is 1.19. The van der Waals surface area contributed by atoms with Crippen molar-refractivity contribution in [3.8, 4) is 11.5 Å². The van der Waals surface area contributed by atoms with Crippen LogP contribution in [0.5, 0.6) is 11.5 Å². The van der Waals surface area contributed by atoms with Crippen LogP contribution in [0.4, 0.5) is 4.79 Å². The lowest BCUT2D eigenvalue weighted by molar-refractivity contribution is -0.144. The van der Waals surface area contributed by atoms with E-state index in [-0.39, 0.29) is 28.6 Å². The van der Waals surface area contributed by atoms with Gasteiger partial charge >= 0.3 is 18.0 Å². The first kappa shape index (κ1) is 27.1.